The van der Waals surface area contributed by atoms with Gasteiger partial charge in [0.15, 0.2) is 33.1 Å². The predicted octanol–water partition coefficient (Wildman–Crippen LogP) is 9.00. The number of nitrogens with zero attached hydrogens (tertiary/aromatic N) is 3. The van der Waals surface area contributed by atoms with E-state index in [1.165, 1.54) is 47.9 Å². The molecular weight excluding hydrogens is 838 g/mol. The number of sulfone groups is 1. The van der Waals surface area contributed by atoms with Gasteiger partial charge >= 0.3 is 5.97 Å². The molecule has 0 saturated carbocycles. The quantitative estimate of drug-likeness (QED) is 0.0695. The number of rotatable bonds is 17. The first-order valence-corrected chi connectivity index (χ1v) is 22.0. The summed E-state index contributed by atoms with van der Waals surface area (Å²) in [7, 11) is -0.440. The van der Waals surface area contributed by atoms with Crippen LogP contribution in [-0.2, 0) is 37.6 Å². The molecule has 0 amide bonds. The third kappa shape index (κ3) is 9.81. The number of H-pyrrole nitrogens is 1. The number of nitrogens with one attached hydrogen (secondary N) is 1. The summed E-state index contributed by atoms with van der Waals surface area (Å²) in [5.74, 6) is -2.15. The molecule has 0 radical (unpaired) electrons. The molecule has 9 nitrogen and oxygen atoms in total. The number of aromatic nitrogens is 4. The van der Waals surface area contributed by atoms with Crippen molar-refractivity contribution in [2.24, 2.45) is 12.5 Å². The fraction of sp³-hybridized carbons (Fsp3) is 0.410. The molecule has 0 spiro atoms. The van der Waals surface area contributed by atoms with Crippen molar-refractivity contribution in [1.82, 2.24) is 19.7 Å². The molecule has 16 heteroatoms. The molecule has 2 heterocycles. The van der Waals surface area contributed by atoms with Crippen LogP contribution < -0.4 is 0 Å². The normalized spacial score (nSPS) is 13.9. The fourth-order valence-corrected chi connectivity index (χ4v) is 10.9. The summed E-state index contributed by atoms with van der Waals surface area (Å²) >= 11 is 5.81. The second kappa shape index (κ2) is 17.5. The number of carbonyl (C=O) groups is 1. The smallest absolute Gasteiger partial charge is 0.318 e. The van der Waals surface area contributed by atoms with Crippen molar-refractivity contribution < 1.29 is 36.2 Å². The zero-order valence-corrected chi connectivity index (χ0v) is 35.4. The average molecular weight is 882 g/mol. The zero-order valence-electron chi connectivity index (χ0n) is 31.4. The van der Waals surface area contributed by atoms with Crippen LogP contribution in [0.1, 0.15) is 63.9 Å². The summed E-state index contributed by atoms with van der Waals surface area (Å²) in [6.45, 7) is 7.13. The van der Waals surface area contributed by atoms with Crippen LogP contribution in [0.5, 0.6) is 0 Å². The van der Waals surface area contributed by atoms with Crippen LogP contribution >= 0.6 is 39.5 Å². The standard InChI is InChI=1S/C39H44BrF3N4O5S3/c1-23(36(49)52-6)53-21-24-9-7-10-25(19-24)39(4,15-8-14-38(2,3)22-55(50,51)18-17-48)37-45-35(47(5)46-37)28-20-26(11-12-29(28)41)54-34-30(40)27-13-16-44-33(27)31(42)32(34)43/h7,9-13,16,19-20,23,44,48H,8,14-15,17-18,21-22H2,1-6H3/t23-,39-/m1/s1. The highest BCUT2D eigenvalue weighted by molar-refractivity contribution is 9.10. The first-order valence-electron chi connectivity index (χ1n) is 17.5. The van der Waals surface area contributed by atoms with Crippen LogP contribution in [0.3, 0.4) is 0 Å². The molecule has 2 N–H and O–H groups in total. The SMILES string of the molecule is COC(=O)[C@@H](C)SCc1cccc([C@@](C)(CCCC(C)(C)CS(=O)(=O)CCO)c2nc(-c3cc(Sc4c(F)c(F)c5[nH]ccc5c4Br)ccc3F)n(C)n2)c1. The Labute approximate surface area is 336 Å². The van der Waals surface area contributed by atoms with Gasteiger partial charge in [-0.1, -0.05) is 56.3 Å². The summed E-state index contributed by atoms with van der Waals surface area (Å²) in [5, 5.41) is 14.2. The Morgan fingerprint density at radius 2 is 1.84 bits per heavy atom. The number of ether oxygens (including phenoxy) is 1. The van der Waals surface area contributed by atoms with Crippen molar-refractivity contribution in [2.75, 3.05) is 25.2 Å². The molecule has 0 aliphatic rings. The van der Waals surface area contributed by atoms with Crippen LogP contribution in [0.25, 0.3) is 22.3 Å². The number of aromatic amines is 1. The second-order valence-electron chi connectivity index (χ2n) is 14.5. The minimum Gasteiger partial charge on any atom is -0.468 e. The van der Waals surface area contributed by atoms with Gasteiger partial charge in [-0.25, -0.2) is 31.3 Å². The first-order chi connectivity index (χ1) is 25.9. The molecular formula is C39H44BrF3N4O5S3. The Hall–Kier alpha value is -3.31. The van der Waals surface area contributed by atoms with E-state index < -0.39 is 44.7 Å². The number of hydrogen-bond donors (Lipinski definition) is 2. The lowest BCUT2D eigenvalue weighted by molar-refractivity contribution is -0.139. The fourth-order valence-electron chi connectivity index (χ4n) is 6.61. The number of thioether (sulfide) groups is 1. The van der Waals surface area contributed by atoms with Gasteiger partial charge in [0, 0.05) is 33.8 Å². The van der Waals surface area contributed by atoms with Crippen molar-refractivity contribution in [2.45, 2.75) is 73.2 Å². The molecule has 0 bridgehead atoms. The number of methoxy groups -OCH3 is 1. The van der Waals surface area contributed by atoms with Crippen molar-refractivity contribution in [3.05, 3.63) is 93.6 Å². The maximum absolute atomic E-state index is 15.7. The summed E-state index contributed by atoms with van der Waals surface area (Å²) < 4.78 is 77.8. The van der Waals surface area contributed by atoms with E-state index in [9.17, 15) is 22.7 Å². The number of benzene rings is 3. The third-order valence-electron chi connectivity index (χ3n) is 9.59. The van der Waals surface area contributed by atoms with E-state index in [1.807, 2.05) is 45.0 Å². The minimum atomic E-state index is -3.46. The number of esters is 1. The van der Waals surface area contributed by atoms with Crippen molar-refractivity contribution >= 4 is 66.2 Å². The molecule has 0 aliphatic heterocycles. The first kappa shape index (κ1) is 42.8. The van der Waals surface area contributed by atoms with Crippen molar-refractivity contribution in [3.63, 3.8) is 0 Å². The highest BCUT2D eigenvalue weighted by Crippen LogP contribution is 2.43. The number of aliphatic hydroxyl groups is 1. The number of fused-ring (bicyclic) bond motifs is 1. The molecule has 0 unspecified atom stereocenters. The Bertz CT molecular complexity index is 2300. The third-order valence-corrected chi connectivity index (χ3v) is 15.0. The van der Waals surface area contributed by atoms with Crippen LogP contribution in [0.2, 0.25) is 0 Å². The van der Waals surface area contributed by atoms with E-state index in [-0.39, 0.29) is 44.5 Å². The van der Waals surface area contributed by atoms with Gasteiger partial charge in [0.25, 0.3) is 0 Å². The van der Waals surface area contributed by atoms with Gasteiger partial charge in [0.05, 0.1) is 51.9 Å². The lowest BCUT2D eigenvalue weighted by atomic mass is 9.75. The molecule has 0 saturated heterocycles. The van der Waals surface area contributed by atoms with Gasteiger partial charge in [0.1, 0.15) is 5.82 Å². The van der Waals surface area contributed by atoms with Crippen LogP contribution in [-0.4, -0.2) is 69.7 Å². The Kier molecular flexibility index (Phi) is 13.6. The Balaban J connectivity index is 1.51. The summed E-state index contributed by atoms with van der Waals surface area (Å²) in [6.07, 6.45) is 3.17. The lowest BCUT2D eigenvalue weighted by Gasteiger charge is -2.30. The topological polar surface area (TPSA) is 127 Å². The number of carbonyl (C=O) groups excluding carboxylic acids is 1. The molecule has 5 aromatic rings. The predicted molar refractivity (Wildman–Crippen MR) is 215 cm³/mol. The maximum atomic E-state index is 15.7. The number of halogens is 4. The van der Waals surface area contributed by atoms with Gasteiger partial charge in [0.2, 0.25) is 0 Å². The molecule has 2 aromatic heterocycles. The number of hydrogen-bond acceptors (Lipinski definition) is 9. The molecule has 0 fully saturated rings. The van der Waals surface area contributed by atoms with Crippen LogP contribution in [0.4, 0.5) is 13.2 Å². The van der Waals surface area contributed by atoms with E-state index in [0.717, 1.165) is 22.9 Å². The molecule has 3 aromatic carbocycles. The molecule has 5 rings (SSSR count). The maximum Gasteiger partial charge on any atom is 0.318 e. The summed E-state index contributed by atoms with van der Waals surface area (Å²) in [4.78, 5) is 20.2. The highest BCUT2D eigenvalue weighted by atomic mass is 79.9. The second-order valence-corrected chi connectivity index (χ2v) is 19.9. The van der Waals surface area contributed by atoms with E-state index in [0.29, 0.717) is 45.6 Å². The van der Waals surface area contributed by atoms with E-state index in [1.54, 1.807) is 20.0 Å². The van der Waals surface area contributed by atoms with Gasteiger partial charge in [-0.2, -0.15) is 5.10 Å². The van der Waals surface area contributed by atoms with Gasteiger partial charge in [-0.3, -0.25) is 4.79 Å². The number of aliphatic hydroxyl groups excluding tert-OH is 1. The molecule has 55 heavy (non-hydrogen) atoms. The lowest BCUT2D eigenvalue weighted by Crippen LogP contribution is -2.29. The van der Waals surface area contributed by atoms with E-state index in [2.05, 4.69) is 20.9 Å². The van der Waals surface area contributed by atoms with Gasteiger partial charge in [-0.05, 0) is 83.4 Å². The highest BCUT2D eigenvalue weighted by Gasteiger charge is 2.36. The monoisotopic (exact) mass is 880 g/mol. The van der Waals surface area contributed by atoms with Crippen molar-refractivity contribution in [1.29, 1.82) is 0 Å². The average Bonchev–Trinajstić information content (AvgIpc) is 3.79. The summed E-state index contributed by atoms with van der Waals surface area (Å²) in [6, 6.07) is 13.8. The van der Waals surface area contributed by atoms with Gasteiger partial charge < -0.3 is 14.8 Å². The van der Waals surface area contributed by atoms with E-state index in [4.69, 9.17) is 14.8 Å². The number of aryl methyl sites for hydroxylation is 1. The largest absolute Gasteiger partial charge is 0.468 e. The van der Waals surface area contributed by atoms with E-state index >= 15 is 8.78 Å². The summed E-state index contributed by atoms with van der Waals surface area (Å²) in [5.41, 5.74) is 0.588. The van der Waals surface area contributed by atoms with Gasteiger partial charge in [-0.15, -0.1) is 11.8 Å². The molecule has 0 aliphatic carbocycles. The molecule has 2 atom stereocenters. The van der Waals surface area contributed by atoms with Crippen LogP contribution in [0, 0.1) is 22.9 Å². The minimum absolute atomic E-state index is 0.0134. The van der Waals surface area contributed by atoms with Crippen molar-refractivity contribution in [3.8, 4) is 11.4 Å². The molecule has 296 valence electrons. The Morgan fingerprint density at radius 3 is 2.55 bits per heavy atom. The zero-order chi connectivity index (χ0) is 40.3. The Morgan fingerprint density at radius 1 is 1.09 bits per heavy atom. The van der Waals surface area contributed by atoms with Crippen LogP contribution in [0.15, 0.2) is 69.0 Å².